The molecule has 1 aromatic heterocycles. The molecular weight excluding hydrogens is 377 g/mol. The van der Waals surface area contributed by atoms with E-state index in [0.29, 0.717) is 11.6 Å². The minimum atomic E-state index is 0.678. The lowest BCUT2D eigenvalue weighted by molar-refractivity contribution is 1.19. The van der Waals surface area contributed by atoms with Crippen molar-refractivity contribution < 1.29 is 0 Å². The third kappa shape index (κ3) is 2.68. The van der Waals surface area contributed by atoms with Gasteiger partial charge >= 0.3 is 0 Å². The fourth-order valence-electron chi connectivity index (χ4n) is 1.99. The van der Waals surface area contributed by atoms with E-state index < -0.39 is 0 Å². The van der Waals surface area contributed by atoms with Gasteiger partial charge in [0.2, 0.25) is 0 Å². The Morgan fingerprint density at radius 3 is 2.65 bits per heavy atom. The summed E-state index contributed by atoms with van der Waals surface area (Å²) in [4.78, 5) is 1.12. The van der Waals surface area contributed by atoms with E-state index >= 15 is 0 Å². The average molecular weight is 387 g/mol. The zero-order valence-electron chi connectivity index (χ0n) is 10.3. The van der Waals surface area contributed by atoms with E-state index in [1.54, 1.807) is 11.3 Å². The molecule has 5 heteroatoms. The van der Waals surface area contributed by atoms with E-state index in [1.165, 1.54) is 4.70 Å². The van der Waals surface area contributed by atoms with Crippen LogP contribution in [0.4, 0.5) is 5.69 Å². The number of fused-ring (bicyclic) bond motifs is 1. The van der Waals surface area contributed by atoms with Gasteiger partial charge in [0.05, 0.1) is 26.8 Å². The van der Waals surface area contributed by atoms with E-state index in [9.17, 15) is 0 Å². The normalized spacial score (nSPS) is 10.9. The van der Waals surface area contributed by atoms with Crippen LogP contribution < -0.4 is 5.32 Å². The highest BCUT2D eigenvalue weighted by molar-refractivity contribution is 9.10. The highest BCUT2D eigenvalue weighted by Gasteiger charge is 2.10. The van der Waals surface area contributed by atoms with Gasteiger partial charge in [-0.3, -0.25) is 0 Å². The SMILES string of the molecule is Clc1cccc(NCc2sc3ccccc3c2Cl)c1Br. The van der Waals surface area contributed by atoms with Crippen molar-refractivity contribution in [3.63, 3.8) is 0 Å². The van der Waals surface area contributed by atoms with E-state index in [-0.39, 0.29) is 0 Å². The number of rotatable bonds is 3. The van der Waals surface area contributed by atoms with Crippen LogP contribution in [0.5, 0.6) is 0 Å². The van der Waals surface area contributed by atoms with Crippen LogP contribution in [0.15, 0.2) is 46.9 Å². The summed E-state index contributed by atoms with van der Waals surface area (Å²) >= 11 is 17.7. The molecule has 0 fully saturated rings. The van der Waals surface area contributed by atoms with Crippen molar-refractivity contribution in [3.05, 3.63) is 61.9 Å². The van der Waals surface area contributed by atoms with Crippen molar-refractivity contribution in [2.24, 2.45) is 0 Å². The van der Waals surface area contributed by atoms with Gasteiger partial charge in [0.1, 0.15) is 0 Å². The summed E-state index contributed by atoms with van der Waals surface area (Å²) in [5.74, 6) is 0. The Morgan fingerprint density at radius 2 is 1.85 bits per heavy atom. The molecule has 102 valence electrons. The lowest BCUT2D eigenvalue weighted by Crippen LogP contribution is -1.98. The van der Waals surface area contributed by atoms with Crippen LogP contribution in [-0.2, 0) is 6.54 Å². The van der Waals surface area contributed by atoms with Gasteiger partial charge in [-0.1, -0.05) is 47.5 Å². The molecule has 0 unspecified atom stereocenters. The predicted octanol–water partition coefficient (Wildman–Crippen LogP) is 6.58. The minimum Gasteiger partial charge on any atom is -0.379 e. The molecule has 20 heavy (non-hydrogen) atoms. The Kier molecular flexibility index (Phi) is 4.22. The summed E-state index contributed by atoms with van der Waals surface area (Å²) in [7, 11) is 0. The van der Waals surface area contributed by atoms with Crippen LogP contribution in [0.25, 0.3) is 10.1 Å². The third-order valence-corrected chi connectivity index (χ3v) is 6.10. The lowest BCUT2D eigenvalue weighted by atomic mass is 10.2. The fraction of sp³-hybridized carbons (Fsp3) is 0.0667. The van der Waals surface area contributed by atoms with Gasteiger partial charge in [0.25, 0.3) is 0 Å². The number of halogens is 3. The molecule has 0 atom stereocenters. The van der Waals surface area contributed by atoms with Gasteiger partial charge in [-0.05, 0) is 34.1 Å². The minimum absolute atomic E-state index is 0.678. The molecule has 0 spiro atoms. The molecule has 0 aliphatic heterocycles. The van der Waals surface area contributed by atoms with Gasteiger partial charge in [0.15, 0.2) is 0 Å². The molecule has 0 aliphatic carbocycles. The van der Waals surface area contributed by atoms with Gasteiger partial charge < -0.3 is 5.32 Å². The van der Waals surface area contributed by atoms with E-state index in [1.807, 2.05) is 36.4 Å². The van der Waals surface area contributed by atoms with Gasteiger partial charge in [-0.25, -0.2) is 0 Å². The molecule has 0 saturated carbocycles. The van der Waals surface area contributed by atoms with E-state index in [0.717, 1.165) is 25.4 Å². The summed E-state index contributed by atoms with van der Waals surface area (Å²) in [5, 5.41) is 6.00. The molecule has 0 aliphatic rings. The Bertz CT molecular complexity index is 770. The van der Waals surface area contributed by atoms with Crippen molar-refractivity contribution in [1.29, 1.82) is 0 Å². The Labute approximate surface area is 139 Å². The second-order valence-corrected chi connectivity index (χ2v) is 7.01. The highest BCUT2D eigenvalue weighted by atomic mass is 79.9. The Hall–Kier alpha value is -0.740. The predicted molar refractivity (Wildman–Crippen MR) is 93.3 cm³/mol. The summed E-state index contributed by atoms with van der Waals surface area (Å²) in [6.45, 7) is 0.678. The first-order chi connectivity index (χ1) is 9.66. The zero-order valence-corrected chi connectivity index (χ0v) is 14.2. The van der Waals surface area contributed by atoms with E-state index in [2.05, 4.69) is 27.3 Å². The van der Waals surface area contributed by atoms with Crippen LogP contribution in [0, 0.1) is 0 Å². The molecule has 0 saturated heterocycles. The maximum atomic E-state index is 6.43. The van der Waals surface area contributed by atoms with Gasteiger partial charge in [0, 0.05) is 15.0 Å². The van der Waals surface area contributed by atoms with Gasteiger partial charge in [-0.15, -0.1) is 11.3 Å². The summed E-state index contributed by atoms with van der Waals surface area (Å²) in [6.07, 6.45) is 0. The van der Waals surface area contributed by atoms with Crippen molar-refractivity contribution >= 4 is 66.2 Å². The van der Waals surface area contributed by atoms with Crippen LogP contribution in [0.3, 0.4) is 0 Å². The van der Waals surface area contributed by atoms with Crippen LogP contribution in [-0.4, -0.2) is 0 Å². The summed E-state index contributed by atoms with van der Waals surface area (Å²) < 4.78 is 2.08. The molecule has 1 heterocycles. The molecular formula is C15H10BrCl2NS. The topological polar surface area (TPSA) is 12.0 Å². The lowest BCUT2D eigenvalue weighted by Gasteiger charge is -2.08. The molecule has 3 aromatic rings. The highest BCUT2D eigenvalue weighted by Crippen LogP contribution is 2.36. The van der Waals surface area contributed by atoms with Crippen LogP contribution >= 0.6 is 50.5 Å². The number of hydrogen-bond donors (Lipinski definition) is 1. The molecule has 2 aromatic carbocycles. The largest absolute Gasteiger partial charge is 0.379 e. The first kappa shape index (κ1) is 14.2. The smallest absolute Gasteiger partial charge is 0.0642 e. The quantitative estimate of drug-likeness (QED) is 0.535. The monoisotopic (exact) mass is 385 g/mol. The summed E-state index contributed by atoms with van der Waals surface area (Å²) in [5.41, 5.74) is 0.964. The molecule has 1 nitrogen and oxygen atoms in total. The first-order valence-electron chi connectivity index (χ1n) is 6.00. The van der Waals surface area contributed by atoms with Crippen molar-refractivity contribution in [2.45, 2.75) is 6.54 Å². The standard InChI is InChI=1S/C15H10BrCl2NS/c16-14-10(17)5-3-6-11(14)19-8-13-15(18)9-4-1-2-7-12(9)20-13/h1-7,19H,8H2. The number of hydrogen-bond acceptors (Lipinski definition) is 2. The molecule has 3 rings (SSSR count). The molecule has 0 radical (unpaired) electrons. The molecule has 1 N–H and O–H groups in total. The van der Waals surface area contributed by atoms with Crippen LogP contribution in [0.2, 0.25) is 10.0 Å². The molecule has 0 amide bonds. The van der Waals surface area contributed by atoms with Crippen molar-refractivity contribution in [1.82, 2.24) is 0 Å². The number of nitrogens with one attached hydrogen (secondary N) is 1. The van der Waals surface area contributed by atoms with Gasteiger partial charge in [-0.2, -0.15) is 0 Å². The molecule has 0 bridgehead atoms. The maximum Gasteiger partial charge on any atom is 0.0642 e. The average Bonchev–Trinajstić information content (AvgIpc) is 2.78. The zero-order chi connectivity index (χ0) is 14.1. The Morgan fingerprint density at radius 1 is 1.05 bits per heavy atom. The summed E-state index contributed by atoms with van der Waals surface area (Å²) in [6, 6.07) is 13.9. The van der Waals surface area contributed by atoms with E-state index in [4.69, 9.17) is 23.2 Å². The Balaban J connectivity index is 1.87. The fourth-order valence-corrected chi connectivity index (χ4v) is 4.01. The van der Waals surface area contributed by atoms with Crippen molar-refractivity contribution in [3.8, 4) is 0 Å². The third-order valence-electron chi connectivity index (χ3n) is 2.99. The maximum absolute atomic E-state index is 6.43. The number of thiophene rings is 1. The first-order valence-corrected chi connectivity index (χ1v) is 8.37. The second-order valence-electron chi connectivity index (χ2n) is 4.29. The van der Waals surface area contributed by atoms with Crippen LogP contribution in [0.1, 0.15) is 4.88 Å². The number of anilines is 1. The van der Waals surface area contributed by atoms with Crippen molar-refractivity contribution in [2.75, 3.05) is 5.32 Å². The second kappa shape index (κ2) is 5.94. The number of benzene rings is 2.